The first-order valence-corrected chi connectivity index (χ1v) is 5.69. The Hall–Kier alpha value is -1.81. The van der Waals surface area contributed by atoms with E-state index in [9.17, 15) is 4.79 Å². The van der Waals surface area contributed by atoms with Crippen molar-refractivity contribution in [2.45, 2.75) is 20.0 Å². The quantitative estimate of drug-likeness (QED) is 0.830. The molecule has 1 aromatic heterocycles. The fourth-order valence-electron chi connectivity index (χ4n) is 2.01. The van der Waals surface area contributed by atoms with E-state index in [1.807, 2.05) is 42.0 Å². The minimum atomic E-state index is -0.276. The van der Waals surface area contributed by atoms with Crippen molar-refractivity contribution in [3.05, 3.63) is 36.0 Å². The molecule has 0 fully saturated rings. The first kappa shape index (κ1) is 11.7. The predicted molar refractivity (Wildman–Crippen MR) is 68.2 cm³/mol. The van der Waals surface area contributed by atoms with Crippen LogP contribution in [-0.2, 0) is 17.9 Å². The Morgan fingerprint density at radius 2 is 2.18 bits per heavy atom. The van der Waals surface area contributed by atoms with E-state index in [-0.39, 0.29) is 11.8 Å². The molecule has 1 amide bonds. The van der Waals surface area contributed by atoms with E-state index in [1.165, 1.54) is 0 Å². The lowest BCUT2D eigenvalue weighted by molar-refractivity contribution is -0.121. The molecular formula is C13H17N3O. The zero-order valence-electron chi connectivity index (χ0n) is 9.89. The molecule has 0 spiro atoms. The molecule has 4 N–H and O–H groups in total. The van der Waals surface area contributed by atoms with E-state index in [0.717, 1.165) is 16.5 Å². The third kappa shape index (κ3) is 2.17. The monoisotopic (exact) mass is 231 g/mol. The molecule has 1 heterocycles. The van der Waals surface area contributed by atoms with E-state index < -0.39 is 0 Å². The number of nitrogens with zero attached hydrogens (tertiary/aromatic N) is 1. The van der Waals surface area contributed by atoms with Crippen LogP contribution in [0.2, 0.25) is 0 Å². The maximum atomic E-state index is 11.1. The normalized spacial score (nSPS) is 12.8. The molecule has 0 radical (unpaired) electrons. The van der Waals surface area contributed by atoms with Gasteiger partial charge in [-0.25, -0.2) is 0 Å². The fourth-order valence-corrected chi connectivity index (χ4v) is 2.01. The lowest BCUT2D eigenvalue weighted by Gasteiger charge is -2.10. The Kier molecular flexibility index (Phi) is 3.15. The van der Waals surface area contributed by atoms with Crippen molar-refractivity contribution in [2.75, 3.05) is 0 Å². The molecule has 1 aromatic carbocycles. The number of aromatic nitrogens is 1. The van der Waals surface area contributed by atoms with Crippen molar-refractivity contribution in [1.82, 2.24) is 4.57 Å². The number of carbonyl (C=O) groups is 1. The predicted octanol–water partition coefficient (Wildman–Crippen LogP) is 1.22. The largest absolute Gasteiger partial charge is 0.369 e. The van der Waals surface area contributed by atoms with Crippen LogP contribution >= 0.6 is 0 Å². The van der Waals surface area contributed by atoms with E-state index in [2.05, 4.69) is 0 Å². The van der Waals surface area contributed by atoms with Crippen LogP contribution in [0.1, 0.15) is 12.5 Å². The number of fused-ring (bicyclic) bond motifs is 1. The van der Waals surface area contributed by atoms with Crippen molar-refractivity contribution in [1.29, 1.82) is 0 Å². The first-order valence-electron chi connectivity index (χ1n) is 5.69. The highest BCUT2D eigenvalue weighted by Gasteiger charge is 2.11. The summed E-state index contributed by atoms with van der Waals surface area (Å²) in [5, 5.41) is 1.15. The first-order chi connectivity index (χ1) is 8.13. The molecule has 1 atom stereocenters. The van der Waals surface area contributed by atoms with Crippen molar-refractivity contribution in [2.24, 2.45) is 17.4 Å². The lowest BCUT2D eigenvalue weighted by Crippen LogP contribution is -2.24. The summed E-state index contributed by atoms with van der Waals surface area (Å²) < 4.78 is 2.05. The summed E-state index contributed by atoms with van der Waals surface area (Å²) in [7, 11) is 0. The molecule has 0 aliphatic heterocycles. The second kappa shape index (κ2) is 4.59. The molecule has 0 bridgehead atoms. The van der Waals surface area contributed by atoms with E-state index in [0.29, 0.717) is 13.1 Å². The van der Waals surface area contributed by atoms with Crippen LogP contribution in [0.3, 0.4) is 0 Å². The van der Waals surface area contributed by atoms with Crippen LogP contribution in [0, 0.1) is 5.92 Å². The molecule has 1 unspecified atom stereocenters. The van der Waals surface area contributed by atoms with Gasteiger partial charge in [-0.2, -0.15) is 0 Å². The smallest absolute Gasteiger partial charge is 0.222 e. The maximum absolute atomic E-state index is 11.1. The number of carbonyl (C=O) groups excluding carboxylic acids is 1. The summed E-state index contributed by atoms with van der Waals surface area (Å²) in [6.07, 6.45) is 1.98. The highest BCUT2D eigenvalue weighted by molar-refractivity contribution is 5.84. The van der Waals surface area contributed by atoms with E-state index >= 15 is 0 Å². The molecule has 2 rings (SSSR count). The molecule has 0 saturated carbocycles. The van der Waals surface area contributed by atoms with Gasteiger partial charge in [0.1, 0.15) is 0 Å². The number of hydrogen-bond donors (Lipinski definition) is 2. The highest BCUT2D eigenvalue weighted by Crippen LogP contribution is 2.20. The number of rotatable bonds is 4. The summed E-state index contributed by atoms with van der Waals surface area (Å²) in [5.41, 5.74) is 13.2. The van der Waals surface area contributed by atoms with Gasteiger partial charge in [-0.15, -0.1) is 0 Å². The Morgan fingerprint density at radius 1 is 1.41 bits per heavy atom. The molecule has 17 heavy (non-hydrogen) atoms. The zero-order chi connectivity index (χ0) is 12.4. The Balaban J connectivity index is 2.40. The van der Waals surface area contributed by atoms with Crippen molar-refractivity contribution >= 4 is 16.8 Å². The minimum absolute atomic E-state index is 0.174. The SMILES string of the molecule is CC(Cn1ccc2c(CN)cccc21)C(N)=O. The highest BCUT2D eigenvalue weighted by atomic mass is 16.1. The van der Waals surface area contributed by atoms with E-state index in [1.54, 1.807) is 0 Å². The number of amides is 1. The zero-order valence-corrected chi connectivity index (χ0v) is 9.89. The second-order valence-corrected chi connectivity index (χ2v) is 4.33. The molecule has 0 aliphatic rings. The van der Waals surface area contributed by atoms with Crippen LogP contribution in [0.5, 0.6) is 0 Å². The van der Waals surface area contributed by atoms with Crippen molar-refractivity contribution < 1.29 is 4.79 Å². The van der Waals surface area contributed by atoms with Gasteiger partial charge >= 0.3 is 0 Å². The van der Waals surface area contributed by atoms with Crippen LogP contribution in [0.25, 0.3) is 10.9 Å². The molecule has 90 valence electrons. The summed E-state index contributed by atoms with van der Waals surface area (Å²) in [5.74, 6) is -0.450. The second-order valence-electron chi connectivity index (χ2n) is 4.33. The van der Waals surface area contributed by atoms with Gasteiger partial charge in [-0.05, 0) is 17.7 Å². The Morgan fingerprint density at radius 3 is 2.82 bits per heavy atom. The van der Waals surface area contributed by atoms with Crippen LogP contribution in [0.15, 0.2) is 30.5 Å². The van der Waals surface area contributed by atoms with Gasteiger partial charge in [-0.1, -0.05) is 19.1 Å². The van der Waals surface area contributed by atoms with Gasteiger partial charge in [0, 0.05) is 30.2 Å². The van der Waals surface area contributed by atoms with Crippen molar-refractivity contribution in [3.8, 4) is 0 Å². The van der Waals surface area contributed by atoms with Gasteiger partial charge < -0.3 is 16.0 Å². The summed E-state index contributed by atoms with van der Waals surface area (Å²) in [4.78, 5) is 11.1. The van der Waals surface area contributed by atoms with Gasteiger partial charge in [0.05, 0.1) is 5.92 Å². The minimum Gasteiger partial charge on any atom is -0.369 e. The standard InChI is InChI=1S/C13H17N3O/c1-9(13(15)17)8-16-6-5-11-10(7-14)3-2-4-12(11)16/h2-6,9H,7-8,14H2,1H3,(H2,15,17). The molecule has 4 heteroatoms. The number of hydrogen-bond acceptors (Lipinski definition) is 2. The fraction of sp³-hybridized carbons (Fsp3) is 0.308. The lowest BCUT2D eigenvalue weighted by atomic mass is 10.1. The van der Waals surface area contributed by atoms with Gasteiger partial charge in [0.15, 0.2) is 0 Å². The molecular weight excluding hydrogens is 214 g/mol. The average Bonchev–Trinajstić information content (AvgIpc) is 2.72. The third-order valence-electron chi connectivity index (χ3n) is 3.08. The Labute approximate surface area is 100 Å². The number of primary amides is 1. The van der Waals surface area contributed by atoms with Gasteiger partial charge in [-0.3, -0.25) is 4.79 Å². The maximum Gasteiger partial charge on any atom is 0.222 e. The summed E-state index contributed by atoms with van der Waals surface area (Å²) >= 11 is 0. The average molecular weight is 231 g/mol. The van der Waals surface area contributed by atoms with Gasteiger partial charge in [0.25, 0.3) is 0 Å². The third-order valence-corrected chi connectivity index (χ3v) is 3.08. The van der Waals surface area contributed by atoms with E-state index in [4.69, 9.17) is 11.5 Å². The van der Waals surface area contributed by atoms with Crippen LogP contribution in [0.4, 0.5) is 0 Å². The molecule has 4 nitrogen and oxygen atoms in total. The summed E-state index contributed by atoms with van der Waals surface area (Å²) in [6.45, 7) is 2.96. The molecule has 2 aromatic rings. The topological polar surface area (TPSA) is 74.0 Å². The summed E-state index contributed by atoms with van der Waals surface area (Å²) in [6, 6.07) is 8.06. The molecule has 0 saturated heterocycles. The Bertz CT molecular complexity index is 545. The number of benzene rings is 1. The van der Waals surface area contributed by atoms with Gasteiger partial charge in [0.2, 0.25) is 5.91 Å². The van der Waals surface area contributed by atoms with Crippen LogP contribution < -0.4 is 11.5 Å². The van der Waals surface area contributed by atoms with Crippen molar-refractivity contribution in [3.63, 3.8) is 0 Å². The number of nitrogens with two attached hydrogens (primary N) is 2. The molecule has 0 aliphatic carbocycles. The van der Waals surface area contributed by atoms with Crippen LogP contribution in [-0.4, -0.2) is 10.5 Å².